The third-order valence-corrected chi connectivity index (χ3v) is 4.42. The molecule has 0 aliphatic rings. The van der Waals surface area contributed by atoms with Gasteiger partial charge in [0.1, 0.15) is 6.54 Å². The fraction of sp³-hybridized carbons (Fsp3) is 0.105. The molecule has 2 aromatic carbocycles. The van der Waals surface area contributed by atoms with E-state index in [-0.39, 0.29) is 18.4 Å². The monoisotopic (exact) mass is 397 g/mol. The predicted octanol–water partition coefficient (Wildman–Crippen LogP) is 3.99. The summed E-state index contributed by atoms with van der Waals surface area (Å²) in [5, 5.41) is 3.73. The molecule has 0 aliphatic carbocycles. The largest absolute Gasteiger partial charge is 0.324 e. The highest BCUT2D eigenvalue weighted by molar-refractivity contribution is 9.10. The molecule has 0 radical (unpaired) electrons. The lowest BCUT2D eigenvalue weighted by molar-refractivity contribution is -0.120. The van der Waals surface area contributed by atoms with E-state index in [1.54, 1.807) is 18.3 Å². The van der Waals surface area contributed by atoms with Crippen molar-refractivity contribution in [3.8, 4) is 0 Å². The van der Waals surface area contributed by atoms with Gasteiger partial charge in [-0.15, -0.1) is 0 Å². The van der Waals surface area contributed by atoms with Crippen LogP contribution in [0.5, 0.6) is 0 Å². The first kappa shape index (κ1) is 17.1. The number of aromatic nitrogens is 1. The fourth-order valence-electron chi connectivity index (χ4n) is 2.57. The third-order valence-electron chi connectivity index (χ3n) is 3.73. The van der Waals surface area contributed by atoms with Crippen molar-refractivity contribution in [2.45, 2.75) is 6.92 Å². The Morgan fingerprint density at radius 2 is 1.84 bits per heavy atom. The molecular weight excluding hydrogens is 382 g/mol. The summed E-state index contributed by atoms with van der Waals surface area (Å²) in [6.45, 7) is 1.35. The number of pyridine rings is 1. The number of fused-ring (bicyclic) bond motifs is 1. The standard InChI is InChI=1S/C19H16BrN3O2/c1-13(24)23(12-18(25)22-16-9-3-2-8-15(16)20)17-10-4-6-14-7-5-11-21-19(14)17/h2-11H,12H2,1H3,(H,22,25). The van der Waals surface area contributed by atoms with Crippen molar-refractivity contribution in [2.24, 2.45) is 0 Å². The number of nitrogens with zero attached hydrogens (tertiary/aromatic N) is 2. The first-order chi connectivity index (χ1) is 12.1. The van der Waals surface area contributed by atoms with Crippen LogP contribution >= 0.6 is 15.9 Å². The molecule has 1 heterocycles. The van der Waals surface area contributed by atoms with Crippen LogP contribution < -0.4 is 10.2 Å². The third kappa shape index (κ3) is 3.85. The van der Waals surface area contributed by atoms with E-state index in [1.165, 1.54) is 11.8 Å². The molecule has 3 aromatic rings. The maximum atomic E-state index is 12.4. The van der Waals surface area contributed by atoms with Crippen LogP contribution in [0.4, 0.5) is 11.4 Å². The first-order valence-corrected chi connectivity index (χ1v) is 8.52. The summed E-state index contributed by atoms with van der Waals surface area (Å²) in [5.41, 5.74) is 1.97. The molecule has 0 saturated carbocycles. The van der Waals surface area contributed by atoms with Crippen molar-refractivity contribution in [3.05, 3.63) is 65.3 Å². The number of nitrogens with one attached hydrogen (secondary N) is 1. The van der Waals surface area contributed by atoms with E-state index >= 15 is 0 Å². The maximum absolute atomic E-state index is 12.4. The summed E-state index contributed by atoms with van der Waals surface area (Å²) < 4.78 is 0.782. The van der Waals surface area contributed by atoms with Gasteiger partial charge in [0.2, 0.25) is 11.8 Å². The van der Waals surface area contributed by atoms with E-state index in [0.29, 0.717) is 16.9 Å². The molecule has 1 aromatic heterocycles. The SMILES string of the molecule is CC(=O)N(CC(=O)Nc1ccccc1Br)c1cccc2cccnc12. The van der Waals surface area contributed by atoms with Crippen LogP contribution in [-0.2, 0) is 9.59 Å². The molecule has 1 N–H and O–H groups in total. The Bertz CT molecular complexity index is 937. The highest BCUT2D eigenvalue weighted by Gasteiger charge is 2.19. The van der Waals surface area contributed by atoms with Crippen LogP contribution in [0, 0.1) is 0 Å². The summed E-state index contributed by atoms with van der Waals surface area (Å²) in [4.78, 5) is 30.4. The van der Waals surface area contributed by atoms with E-state index < -0.39 is 0 Å². The highest BCUT2D eigenvalue weighted by atomic mass is 79.9. The van der Waals surface area contributed by atoms with E-state index in [9.17, 15) is 9.59 Å². The number of anilines is 2. The van der Waals surface area contributed by atoms with Crippen molar-refractivity contribution >= 4 is 50.0 Å². The Morgan fingerprint density at radius 1 is 1.08 bits per heavy atom. The van der Waals surface area contributed by atoms with E-state index in [1.807, 2.05) is 42.5 Å². The normalized spacial score (nSPS) is 10.5. The van der Waals surface area contributed by atoms with Gasteiger partial charge in [0, 0.05) is 23.0 Å². The van der Waals surface area contributed by atoms with Gasteiger partial charge in [-0.2, -0.15) is 0 Å². The second kappa shape index (κ2) is 7.44. The van der Waals surface area contributed by atoms with E-state index in [2.05, 4.69) is 26.2 Å². The lowest BCUT2D eigenvalue weighted by Crippen LogP contribution is -2.37. The number of rotatable bonds is 4. The summed E-state index contributed by atoms with van der Waals surface area (Å²) in [5.74, 6) is -0.504. The summed E-state index contributed by atoms with van der Waals surface area (Å²) >= 11 is 3.39. The lowest BCUT2D eigenvalue weighted by Gasteiger charge is -2.22. The van der Waals surface area contributed by atoms with Gasteiger partial charge < -0.3 is 10.2 Å². The number of halogens is 1. The van der Waals surface area contributed by atoms with Crippen LogP contribution in [0.3, 0.4) is 0 Å². The van der Waals surface area contributed by atoms with Crippen molar-refractivity contribution < 1.29 is 9.59 Å². The molecule has 0 saturated heterocycles. The molecule has 0 spiro atoms. The van der Waals surface area contributed by atoms with Gasteiger partial charge in [0.05, 0.1) is 16.9 Å². The molecule has 0 atom stereocenters. The Hall–Kier alpha value is -2.73. The highest BCUT2D eigenvalue weighted by Crippen LogP contribution is 2.25. The molecule has 126 valence electrons. The number of hydrogen-bond donors (Lipinski definition) is 1. The second-order valence-electron chi connectivity index (χ2n) is 5.49. The first-order valence-electron chi connectivity index (χ1n) is 7.72. The predicted molar refractivity (Wildman–Crippen MR) is 103 cm³/mol. The zero-order chi connectivity index (χ0) is 17.8. The van der Waals surface area contributed by atoms with Crippen LogP contribution in [-0.4, -0.2) is 23.3 Å². The van der Waals surface area contributed by atoms with Gasteiger partial charge in [0.15, 0.2) is 0 Å². The Labute approximate surface area is 153 Å². The smallest absolute Gasteiger partial charge is 0.244 e. The number of benzene rings is 2. The zero-order valence-electron chi connectivity index (χ0n) is 13.6. The van der Waals surface area contributed by atoms with Crippen molar-refractivity contribution in [2.75, 3.05) is 16.8 Å². The number of amides is 2. The molecular formula is C19H16BrN3O2. The average molecular weight is 398 g/mol. The van der Waals surface area contributed by atoms with Crippen molar-refractivity contribution in [1.82, 2.24) is 4.98 Å². The molecule has 25 heavy (non-hydrogen) atoms. The summed E-state index contributed by atoms with van der Waals surface area (Å²) in [6.07, 6.45) is 1.67. The van der Waals surface area contributed by atoms with Gasteiger partial charge in [-0.25, -0.2) is 0 Å². The van der Waals surface area contributed by atoms with E-state index in [0.717, 1.165) is 9.86 Å². The minimum atomic E-state index is -0.282. The summed E-state index contributed by atoms with van der Waals surface area (Å²) in [7, 11) is 0. The molecule has 0 fully saturated rings. The van der Waals surface area contributed by atoms with Gasteiger partial charge in [-0.3, -0.25) is 14.6 Å². The molecule has 6 heteroatoms. The van der Waals surface area contributed by atoms with Gasteiger partial charge in [-0.1, -0.05) is 30.3 Å². The second-order valence-corrected chi connectivity index (χ2v) is 6.34. The Balaban J connectivity index is 1.88. The van der Waals surface area contributed by atoms with Gasteiger partial charge in [0.25, 0.3) is 0 Å². The van der Waals surface area contributed by atoms with Crippen LogP contribution in [0.2, 0.25) is 0 Å². The molecule has 0 aliphatic heterocycles. The van der Waals surface area contributed by atoms with Crippen molar-refractivity contribution in [3.63, 3.8) is 0 Å². The Morgan fingerprint density at radius 3 is 2.60 bits per heavy atom. The van der Waals surface area contributed by atoms with Gasteiger partial charge in [-0.05, 0) is 40.2 Å². The van der Waals surface area contributed by atoms with Crippen LogP contribution in [0.15, 0.2) is 65.3 Å². The average Bonchev–Trinajstić information content (AvgIpc) is 2.61. The van der Waals surface area contributed by atoms with E-state index in [4.69, 9.17) is 0 Å². The topological polar surface area (TPSA) is 62.3 Å². The molecule has 2 amide bonds. The molecule has 0 unspecified atom stereocenters. The van der Waals surface area contributed by atoms with Crippen molar-refractivity contribution in [1.29, 1.82) is 0 Å². The lowest BCUT2D eigenvalue weighted by atomic mass is 10.1. The molecule has 3 rings (SSSR count). The number of hydrogen-bond acceptors (Lipinski definition) is 3. The zero-order valence-corrected chi connectivity index (χ0v) is 15.2. The quantitative estimate of drug-likeness (QED) is 0.723. The number of carbonyl (C=O) groups is 2. The Kier molecular flexibility index (Phi) is 5.09. The maximum Gasteiger partial charge on any atom is 0.244 e. The number of para-hydroxylation sites is 2. The number of carbonyl (C=O) groups excluding carboxylic acids is 2. The van der Waals surface area contributed by atoms with Gasteiger partial charge >= 0.3 is 0 Å². The summed E-state index contributed by atoms with van der Waals surface area (Å²) in [6, 6.07) is 16.7. The minimum Gasteiger partial charge on any atom is -0.324 e. The molecule has 5 nitrogen and oxygen atoms in total. The minimum absolute atomic E-state index is 0.0909. The van der Waals surface area contributed by atoms with Crippen LogP contribution in [0.1, 0.15) is 6.92 Å². The molecule has 0 bridgehead atoms. The van der Waals surface area contributed by atoms with Crippen LogP contribution in [0.25, 0.3) is 10.9 Å². The fourth-order valence-corrected chi connectivity index (χ4v) is 2.95.